The van der Waals surface area contributed by atoms with E-state index in [-0.39, 0.29) is 40.7 Å². The van der Waals surface area contributed by atoms with E-state index in [0.29, 0.717) is 23.6 Å². The van der Waals surface area contributed by atoms with E-state index in [1.807, 2.05) is 11.9 Å². The number of phenols is 2. The Kier molecular flexibility index (Phi) is 6.44. The summed E-state index contributed by atoms with van der Waals surface area (Å²) >= 11 is 6.34. The first-order valence-electron chi connectivity index (χ1n) is 10.5. The number of methoxy groups -OCH3 is 1. The highest BCUT2D eigenvalue weighted by atomic mass is 35.5. The number of aromatic hydroxyl groups is 2. The fraction of sp³-hybridized carbons (Fsp3) is 0.333. The molecule has 0 saturated carbocycles. The number of likely N-dealkylation sites (tertiary alicyclic amines) is 1. The zero-order valence-electron chi connectivity index (χ0n) is 18.7. The fourth-order valence-corrected chi connectivity index (χ4v) is 4.75. The van der Waals surface area contributed by atoms with E-state index < -0.39 is 23.9 Å². The number of likely N-dealkylation sites (N-methyl/N-ethyl adjacent to an activating group) is 1. The van der Waals surface area contributed by atoms with E-state index in [1.165, 1.54) is 13.2 Å². The van der Waals surface area contributed by atoms with Crippen LogP contribution >= 0.6 is 11.6 Å². The Morgan fingerprint density at radius 3 is 2.74 bits per heavy atom. The zero-order valence-corrected chi connectivity index (χ0v) is 19.5. The Bertz CT molecular complexity index is 1170. The molecule has 3 atom stereocenters. The zero-order chi connectivity index (χ0) is 24.6. The molecule has 2 aromatic rings. The van der Waals surface area contributed by atoms with E-state index in [4.69, 9.17) is 21.1 Å². The molecule has 0 radical (unpaired) electrons. The molecule has 0 aliphatic carbocycles. The number of piperidine rings is 1. The second-order valence-corrected chi connectivity index (χ2v) is 8.65. The van der Waals surface area contributed by atoms with E-state index in [9.17, 15) is 20.1 Å². The number of halogens is 1. The molecule has 0 bridgehead atoms. The van der Waals surface area contributed by atoms with Gasteiger partial charge in [-0.15, -0.1) is 0 Å². The summed E-state index contributed by atoms with van der Waals surface area (Å²) in [5.74, 6) is -0.484. The first-order chi connectivity index (χ1) is 16.2. The molecule has 2 aliphatic heterocycles. The van der Waals surface area contributed by atoms with Gasteiger partial charge in [-0.05, 0) is 38.4 Å². The molecule has 1 fully saturated rings. The minimum atomic E-state index is -1.36. The molecule has 4 rings (SSSR count). The van der Waals surface area contributed by atoms with Crippen LogP contribution in [0.4, 0.5) is 4.79 Å². The van der Waals surface area contributed by atoms with Gasteiger partial charge in [0.05, 0.1) is 23.3 Å². The van der Waals surface area contributed by atoms with Crippen LogP contribution in [0, 0.1) is 0 Å². The number of aliphatic hydroxyl groups is 1. The molecule has 2 heterocycles. The van der Waals surface area contributed by atoms with Crippen molar-refractivity contribution in [3.05, 3.63) is 58.1 Å². The number of nitrogens with zero attached hydrogens (tertiary/aromatic N) is 2. The van der Waals surface area contributed by atoms with E-state index in [1.54, 1.807) is 24.3 Å². The molecule has 10 heteroatoms. The Hall–Kier alpha value is -3.27. The lowest BCUT2D eigenvalue weighted by Gasteiger charge is -2.44. The molecule has 180 valence electrons. The molecule has 9 nitrogen and oxygen atoms in total. The molecule has 2 aliphatic rings. The molecule has 0 aromatic heterocycles. The summed E-state index contributed by atoms with van der Waals surface area (Å²) in [6, 6.07) is 8.02. The third-order valence-electron chi connectivity index (χ3n) is 6.24. The Morgan fingerprint density at radius 2 is 2.06 bits per heavy atom. The van der Waals surface area contributed by atoms with Gasteiger partial charge in [-0.3, -0.25) is 4.99 Å². The lowest BCUT2D eigenvalue weighted by Crippen LogP contribution is -2.53. The number of hydrogen-bond acceptors (Lipinski definition) is 9. The second-order valence-electron chi connectivity index (χ2n) is 8.25. The van der Waals surface area contributed by atoms with Crippen LogP contribution in [0.1, 0.15) is 29.2 Å². The van der Waals surface area contributed by atoms with Crippen LogP contribution < -0.4 is 4.74 Å². The molecule has 2 aromatic carbocycles. The van der Waals surface area contributed by atoms with Crippen molar-refractivity contribution in [1.29, 1.82) is 0 Å². The van der Waals surface area contributed by atoms with Gasteiger partial charge in [-0.25, -0.2) is 4.79 Å². The molecule has 34 heavy (non-hydrogen) atoms. The van der Waals surface area contributed by atoms with Crippen LogP contribution in [0.3, 0.4) is 0 Å². The fourth-order valence-electron chi connectivity index (χ4n) is 4.53. The average molecular weight is 489 g/mol. The number of ether oxygens (including phenoxy) is 3. The third-order valence-corrected chi connectivity index (χ3v) is 6.57. The number of aliphatic imine (C=N–C) groups is 1. The Morgan fingerprint density at radius 1 is 1.32 bits per heavy atom. The Labute approximate surface area is 201 Å². The monoisotopic (exact) mass is 488 g/mol. The Balaban J connectivity index is 1.92. The standard InChI is InChI=1S/C24H25ClN2O7/c1-26-24(8-9-27(2)12-19(24)34-23(31)32-3)21-17(30)10-15(28)20-16(29)11-18(33-22(20)21)13-6-4-5-7-14(13)25/h4-7,10-11,16,19,28-30H,1,8-9,12H2,2-3H3/t16?,19-,24-/m1/s1. The maximum absolute atomic E-state index is 12.1. The van der Waals surface area contributed by atoms with Crippen LogP contribution in [-0.2, 0) is 15.0 Å². The summed E-state index contributed by atoms with van der Waals surface area (Å²) in [6.45, 7) is 4.53. The number of fused-ring (bicyclic) bond motifs is 1. The number of carbonyl (C=O) groups excluding carboxylic acids is 1. The maximum atomic E-state index is 12.1. The topological polar surface area (TPSA) is 121 Å². The van der Waals surface area contributed by atoms with Crippen molar-refractivity contribution < 1.29 is 34.3 Å². The average Bonchev–Trinajstić information content (AvgIpc) is 2.80. The molecule has 0 spiro atoms. The minimum absolute atomic E-state index is 0.00200. The lowest BCUT2D eigenvalue weighted by atomic mass is 9.76. The van der Waals surface area contributed by atoms with Crippen molar-refractivity contribution in [1.82, 2.24) is 4.90 Å². The van der Waals surface area contributed by atoms with Crippen molar-refractivity contribution in [2.45, 2.75) is 24.2 Å². The van der Waals surface area contributed by atoms with Crippen molar-refractivity contribution in [3.63, 3.8) is 0 Å². The summed E-state index contributed by atoms with van der Waals surface area (Å²) in [6.07, 6.45) is -1.40. The van der Waals surface area contributed by atoms with Crippen molar-refractivity contribution in [2.24, 2.45) is 4.99 Å². The number of phenolic OH excluding ortho intramolecular Hbond substituents is 2. The van der Waals surface area contributed by atoms with Crippen molar-refractivity contribution in [3.8, 4) is 17.2 Å². The smallest absolute Gasteiger partial charge is 0.507 e. The first-order valence-corrected chi connectivity index (χ1v) is 10.9. The summed E-state index contributed by atoms with van der Waals surface area (Å²) in [7, 11) is 3.04. The van der Waals surface area contributed by atoms with E-state index >= 15 is 0 Å². The molecule has 1 unspecified atom stereocenters. The molecular formula is C24H25ClN2O7. The highest BCUT2D eigenvalue weighted by Gasteiger charge is 2.51. The third kappa shape index (κ3) is 3.96. The van der Waals surface area contributed by atoms with Gasteiger partial charge in [-0.1, -0.05) is 23.7 Å². The van der Waals surface area contributed by atoms with Gasteiger partial charge in [0.15, 0.2) is 0 Å². The van der Waals surface area contributed by atoms with Gasteiger partial charge < -0.3 is 34.4 Å². The predicted molar refractivity (Wildman–Crippen MR) is 125 cm³/mol. The van der Waals surface area contributed by atoms with Crippen LogP contribution in [0.2, 0.25) is 5.02 Å². The maximum Gasteiger partial charge on any atom is 0.508 e. The quantitative estimate of drug-likeness (QED) is 0.441. The van der Waals surface area contributed by atoms with Crippen molar-refractivity contribution >= 4 is 30.2 Å². The van der Waals surface area contributed by atoms with Gasteiger partial charge in [0.2, 0.25) is 0 Å². The number of benzene rings is 2. The molecule has 3 N–H and O–H groups in total. The van der Waals surface area contributed by atoms with Crippen LogP contribution in [-0.4, -0.2) is 66.4 Å². The summed E-state index contributed by atoms with van der Waals surface area (Å²) in [4.78, 5) is 18.3. The van der Waals surface area contributed by atoms with Gasteiger partial charge in [-0.2, -0.15) is 0 Å². The SMILES string of the molecule is C=N[C@]1(c2c(O)cc(O)c3c2OC(c2ccccc2Cl)=CC3O)CCN(C)C[C@H]1OC(=O)OC. The number of hydrogen-bond donors (Lipinski definition) is 3. The summed E-state index contributed by atoms with van der Waals surface area (Å²) in [5, 5.41) is 32.9. The highest BCUT2D eigenvalue weighted by Crippen LogP contribution is 2.54. The second kappa shape index (κ2) is 9.17. The molecule has 1 saturated heterocycles. The normalized spacial score (nSPS) is 24.4. The lowest BCUT2D eigenvalue weighted by molar-refractivity contribution is -0.0335. The number of rotatable bonds is 4. The van der Waals surface area contributed by atoms with Crippen LogP contribution in [0.15, 0.2) is 41.4 Å². The van der Waals surface area contributed by atoms with Gasteiger partial charge in [0.1, 0.15) is 40.8 Å². The summed E-state index contributed by atoms with van der Waals surface area (Å²) < 4.78 is 16.4. The van der Waals surface area contributed by atoms with Gasteiger partial charge in [0.25, 0.3) is 0 Å². The van der Waals surface area contributed by atoms with Gasteiger partial charge >= 0.3 is 6.16 Å². The number of carbonyl (C=O) groups is 1. The van der Waals surface area contributed by atoms with E-state index in [2.05, 4.69) is 16.4 Å². The largest absolute Gasteiger partial charge is 0.508 e. The summed E-state index contributed by atoms with van der Waals surface area (Å²) in [5.41, 5.74) is -0.670. The van der Waals surface area contributed by atoms with Crippen molar-refractivity contribution in [2.75, 3.05) is 27.2 Å². The van der Waals surface area contributed by atoms with Crippen LogP contribution in [0.5, 0.6) is 17.2 Å². The molecule has 0 amide bonds. The first kappa shape index (κ1) is 23.9. The van der Waals surface area contributed by atoms with Gasteiger partial charge in [0, 0.05) is 24.7 Å². The van der Waals surface area contributed by atoms with Crippen LogP contribution in [0.25, 0.3) is 5.76 Å². The highest BCUT2D eigenvalue weighted by molar-refractivity contribution is 6.32. The minimum Gasteiger partial charge on any atom is -0.507 e. The van der Waals surface area contributed by atoms with E-state index in [0.717, 1.165) is 6.07 Å². The number of aliphatic hydroxyl groups excluding tert-OH is 1. The predicted octanol–water partition coefficient (Wildman–Crippen LogP) is 3.60. The molecular weight excluding hydrogens is 464 g/mol.